The van der Waals surface area contributed by atoms with Crippen LogP contribution < -0.4 is 19.1 Å². The monoisotopic (exact) mass is 489 g/mol. The van der Waals surface area contributed by atoms with E-state index in [0.717, 1.165) is 44.7 Å². The predicted octanol–water partition coefficient (Wildman–Crippen LogP) is 2.11. The molecule has 1 amide bonds. The highest BCUT2D eigenvalue weighted by Gasteiger charge is 2.21. The number of hydrogen-bond acceptors (Lipinski definition) is 7. The van der Waals surface area contributed by atoms with Crippen LogP contribution in [0.5, 0.6) is 11.5 Å². The van der Waals surface area contributed by atoms with E-state index in [9.17, 15) is 13.2 Å². The number of nitrogens with one attached hydrogen (secondary N) is 1. The van der Waals surface area contributed by atoms with Crippen molar-refractivity contribution in [2.75, 3.05) is 50.2 Å². The lowest BCUT2D eigenvalue weighted by Crippen LogP contribution is -2.35. The highest BCUT2D eigenvalue weighted by Crippen LogP contribution is 2.36. The second-order valence-corrected chi connectivity index (χ2v) is 10.4. The molecule has 0 unspecified atom stereocenters. The molecule has 1 N–H and O–H groups in total. The lowest BCUT2D eigenvalue weighted by atomic mass is 10.1. The predicted molar refractivity (Wildman–Crippen MR) is 128 cm³/mol. The van der Waals surface area contributed by atoms with Gasteiger partial charge in [-0.3, -0.25) is 14.0 Å². The zero-order chi connectivity index (χ0) is 24.0. The summed E-state index contributed by atoms with van der Waals surface area (Å²) in [6.07, 6.45) is 1.77. The summed E-state index contributed by atoms with van der Waals surface area (Å²) < 4.78 is 42.0. The Balaban J connectivity index is 1.26. The Labute approximate surface area is 200 Å². The van der Waals surface area contributed by atoms with Gasteiger partial charge in [0.05, 0.1) is 25.2 Å². The van der Waals surface area contributed by atoms with E-state index in [0.29, 0.717) is 30.2 Å². The van der Waals surface area contributed by atoms with Crippen molar-refractivity contribution in [3.63, 3.8) is 0 Å². The number of fused-ring (bicyclic) bond motifs is 1. The molecule has 34 heavy (non-hydrogen) atoms. The summed E-state index contributed by atoms with van der Waals surface area (Å²) in [4.78, 5) is 14.8. The first-order valence-corrected chi connectivity index (χ1v) is 13.3. The minimum Gasteiger partial charge on any atom is -0.454 e. The van der Waals surface area contributed by atoms with Crippen molar-refractivity contribution in [1.29, 1.82) is 0 Å². The molecule has 0 atom stereocenters. The quantitative estimate of drug-likeness (QED) is 0.546. The number of benzene rings is 2. The van der Waals surface area contributed by atoms with Crippen LogP contribution in [0, 0.1) is 0 Å². The Hall–Kier alpha value is -2.82. The smallest absolute Gasteiger partial charge is 0.232 e. The average Bonchev–Trinajstić information content (AvgIpc) is 3.28. The average molecular weight is 490 g/mol. The van der Waals surface area contributed by atoms with Gasteiger partial charge in [-0.25, -0.2) is 8.42 Å². The third-order valence-corrected chi connectivity index (χ3v) is 6.99. The van der Waals surface area contributed by atoms with Crippen molar-refractivity contribution in [1.82, 2.24) is 10.2 Å². The first kappa shape index (κ1) is 24.3. The number of sulfonamides is 1. The lowest BCUT2D eigenvalue weighted by molar-refractivity contribution is -0.121. The molecular formula is C24H31N3O6S. The summed E-state index contributed by atoms with van der Waals surface area (Å²) in [6.45, 7) is 5.01. The Morgan fingerprint density at radius 2 is 1.82 bits per heavy atom. The van der Waals surface area contributed by atoms with Crippen molar-refractivity contribution in [2.24, 2.45) is 0 Å². The molecule has 1 saturated heterocycles. The maximum Gasteiger partial charge on any atom is 0.232 e. The maximum atomic E-state index is 12.4. The maximum absolute atomic E-state index is 12.4. The summed E-state index contributed by atoms with van der Waals surface area (Å²) in [5.74, 6) is 0.989. The Morgan fingerprint density at radius 3 is 2.62 bits per heavy atom. The number of ether oxygens (including phenoxy) is 3. The first-order valence-electron chi connectivity index (χ1n) is 11.4. The highest BCUT2D eigenvalue weighted by molar-refractivity contribution is 7.92. The number of anilines is 1. The molecule has 2 aliphatic rings. The number of amides is 1. The molecule has 2 heterocycles. The molecule has 0 aromatic heterocycles. The number of nitrogens with zero attached hydrogens (tertiary/aromatic N) is 2. The highest BCUT2D eigenvalue weighted by atomic mass is 32.2. The number of carbonyl (C=O) groups excluding carboxylic acids is 1. The van der Waals surface area contributed by atoms with E-state index >= 15 is 0 Å². The number of hydrogen-bond donors (Lipinski definition) is 1. The van der Waals surface area contributed by atoms with E-state index in [4.69, 9.17) is 14.2 Å². The summed E-state index contributed by atoms with van der Waals surface area (Å²) in [7, 11) is -3.51. The van der Waals surface area contributed by atoms with Crippen molar-refractivity contribution < 1.29 is 27.4 Å². The lowest BCUT2D eigenvalue weighted by Gasteiger charge is -2.26. The molecule has 0 aliphatic carbocycles. The van der Waals surface area contributed by atoms with Gasteiger partial charge in [0.1, 0.15) is 0 Å². The minimum absolute atomic E-state index is 0.113. The molecule has 9 nitrogen and oxygen atoms in total. The van der Waals surface area contributed by atoms with Gasteiger partial charge in [-0.15, -0.1) is 0 Å². The van der Waals surface area contributed by atoms with Gasteiger partial charge >= 0.3 is 0 Å². The number of rotatable bonds is 10. The SMILES string of the molecule is CS(=O)(=O)N(CCCC(=O)NCc1cccc(CN2CCOCC2)c1)c1ccc2c(c1)OCO2. The van der Waals surface area contributed by atoms with Crippen LogP contribution >= 0.6 is 0 Å². The fourth-order valence-corrected chi connectivity index (χ4v) is 5.01. The summed E-state index contributed by atoms with van der Waals surface area (Å²) in [5, 5.41) is 2.94. The van der Waals surface area contributed by atoms with Crippen molar-refractivity contribution >= 4 is 21.6 Å². The second-order valence-electron chi connectivity index (χ2n) is 8.46. The Morgan fingerprint density at radius 1 is 1.06 bits per heavy atom. The second kappa shape index (κ2) is 11.1. The first-order chi connectivity index (χ1) is 16.4. The van der Waals surface area contributed by atoms with Gasteiger partial charge in [0.25, 0.3) is 0 Å². The van der Waals surface area contributed by atoms with E-state index in [2.05, 4.69) is 22.3 Å². The van der Waals surface area contributed by atoms with Gasteiger partial charge in [-0.2, -0.15) is 0 Å². The fourth-order valence-electron chi connectivity index (χ4n) is 4.05. The van der Waals surface area contributed by atoms with E-state index in [1.165, 1.54) is 9.87 Å². The molecule has 0 bridgehead atoms. The summed E-state index contributed by atoms with van der Waals surface area (Å²) >= 11 is 0. The molecular weight excluding hydrogens is 458 g/mol. The van der Waals surface area contributed by atoms with Gasteiger partial charge in [-0.05, 0) is 29.7 Å². The largest absolute Gasteiger partial charge is 0.454 e. The van der Waals surface area contributed by atoms with Crippen LogP contribution in [0.1, 0.15) is 24.0 Å². The molecule has 2 aromatic rings. The third kappa shape index (κ3) is 6.62. The topological polar surface area (TPSA) is 97.4 Å². The van der Waals surface area contributed by atoms with Crippen LogP contribution in [-0.2, 0) is 32.6 Å². The summed E-state index contributed by atoms with van der Waals surface area (Å²) in [5.41, 5.74) is 2.74. The minimum atomic E-state index is -3.51. The van der Waals surface area contributed by atoms with E-state index in [-0.39, 0.29) is 25.7 Å². The van der Waals surface area contributed by atoms with Crippen LogP contribution in [0.4, 0.5) is 5.69 Å². The molecule has 0 radical (unpaired) electrons. The molecule has 0 saturated carbocycles. The molecule has 2 aliphatic heterocycles. The van der Waals surface area contributed by atoms with Crippen molar-refractivity contribution in [2.45, 2.75) is 25.9 Å². The molecule has 0 spiro atoms. The number of carbonyl (C=O) groups is 1. The van der Waals surface area contributed by atoms with Crippen molar-refractivity contribution in [3.05, 3.63) is 53.6 Å². The number of morpholine rings is 1. The fraction of sp³-hybridized carbons (Fsp3) is 0.458. The van der Waals surface area contributed by atoms with Crippen LogP contribution in [0.15, 0.2) is 42.5 Å². The molecule has 4 rings (SSSR count). The van der Waals surface area contributed by atoms with Crippen molar-refractivity contribution in [3.8, 4) is 11.5 Å². The van der Waals surface area contributed by atoms with Gasteiger partial charge in [-0.1, -0.05) is 24.3 Å². The van der Waals surface area contributed by atoms with Gasteiger partial charge < -0.3 is 19.5 Å². The molecule has 10 heteroatoms. The normalized spacial score (nSPS) is 15.8. The standard InChI is InChI=1S/C24H31N3O6S/c1-34(29,30)27(21-7-8-22-23(15-21)33-18-32-22)9-3-6-24(28)25-16-19-4-2-5-20(14-19)17-26-10-12-31-13-11-26/h2,4-5,7-8,14-15H,3,6,9-13,16-18H2,1H3,(H,25,28). The zero-order valence-corrected chi connectivity index (χ0v) is 20.2. The van der Waals surface area contributed by atoms with E-state index < -0.39 is 10.0 Å². The third-order valence-electron chi connectivity index (χ3n) is 5.80. The van der Waals surface area contributed by atoms with Crippen LogP contribution in [0.2, 0.25) is 0 Å². The van der Waals surface area contributed by atoms with Crippen LogP contribution in [0.3, 0.4) is 0 Å². The molecule has 184 valence electrons. The summed E-state index contributed by atoms with van der Waals surface area (Å²) in [6, 6.07) is 13.2. The van der Waals surface area contributed by atoms with Crippen LogP contribution in [0.25, 0.3) is 0 Å². The van der Waals surface area contributed by atoms with Gasteiger partial charge in [0.2, 0.25) is 22.7 Å². The Bertz CT molecular complexity index is 1100. The Kier molecular flexibility index (Phi) is 7.91. The van der Waals surface area contributed by atoms with Crippen LogP contribution in [-0.4, -0.2) is 65.1 Å². The molecule has 2 aromatic carbocycles. The van der Waals surface area contributed by atoms with Gasteiger partial charge in [0.15, 0.2) is 11.5 Å². The van der Waals surface area contributed by atoms with E-state index in [1.807, 2.05) is 12.1 Å². The van der Waals surface area contributed by atoms with Gasteiger partial charge in [0, 0.05) is 45.2 Å². The molecule has 1 fully saturated rings. The van der Waals surface area contributed by atoms with E-state index in [1.54, 1.807) is 18.2 Å². The zero-order valence-electron chi connectivity index (χ0n) is 19.4.